The Kier molecular flexibility index (Phi) is 4.47. The van der Waals surface area contributed by atoms with Gasteiger partial charge < -0.3 is 10.6 Å². The van der Waals surface area contributed by atoms with Crippen LogP contribution >= 0.6 is 0 Å². The number of hydrogen-bond donors (Lipinski definition) is 1. The molecule has 0 aliphatic rings. The highest BCUT2D eigenvalue weighted by atomic mass is 15.2. The van der Waals surface area contributed by atoms with Crippen molar-refractivity contribution in [2.45, 2.75) is 19.9 Å². The van der Waals surface area contributed by atoms with Crippen LogP contribution in [0.2, 0.25) is 0 Å². The molecule has 0 fully saturated rings. The second-order valence-corrected chi connectivity index (χ2v) is 4.51. The molecule has 1 atom stereocenters. The maximum Gasteiger partial charge on any atom is 0.115 e. The summed E-state index contributed by atoms with van der Waals surface area (Å²) in [6, 6.07) is 10.5. The van der Waals surface area contributed by atoms with E-state index in [1.54, 1.807) is 12.5 Å². The zero-order valence-electron chi connectivity index (χ0n) is 11.5. The average Bonchev–Trinajstić information content (AvgIpc) is 2.45. The van der Waals surface area contributed by atoms with Gasteiger partial charge in [-0.15, -0.1) is 0 Å². The van der Waals surface area contributed by atoms with E-state index in [0.29, 0.717) is 6.54 Å². The van der Waals surface area contributed by atoms with E-state index in [4.69, 9.17) is 5.73 Å². The maximum absolute atomic E-state index is 5.95. The molecule has 2 rings (SSSR count). The molecule has 2 aromatic rings. The van der Waals surface area contributed by atoms with Gasteiger partial charge in [0.25, 0.3) is 0 Å². The molecule has 0 aliphatic carbocycles. The first-order valence-corrected chi connectivity index (χ1v) is 6.55. The number of aryl methyl sites for hydroxylation is 1. The molecule has 0 aliphatic heterocycles. The summed E-state index contributed by atoms with van der Waals surface area (Å²) in [7, 11) is 0. The van der Waals surface area contributed by atoms with Crippen molar-refractivity contribution in [1.29, 1.82) is 0 Å². The first-order valence-electron chi connectivity index (χ1n) is 6.55. The second kappa shape index (κ2) is 6.29. The maximum atomic E-state index is 5.95. The third-order valence-corrected chi connectivity index (χ3v) is 3.22. The van der Waals surface area contributed by atoms with Crippen LogP contribution in [0.4, 0.5) is 5.69 Å². The van der Waals surface area contributed by atoms with Gasteiger partial charge >= 0.3 is 0 Å². The van der Waals surface area contributed by atoms with E-state index < -0.39 is 0 Å². The van der Waals surface area contributed by atoms with E-state index >= 15 is 0 Å². The minimum atomic E-state index is 0.0785. The zero-order valence-corrected chi connectivity index (χ0v) is 11.5. The Morgan fingerprint density at radius 3 is 2.74 bits per heavy atom. The fraction of sp³-hybridized carbons (Fsp3) is 0.333. The quantitative estimate of drug-likeness (QED) is 0.892. The molecule has 4 heteroatoms. The molecule has 100 valence electrons. The normalized spacial score (nSPS) is 12.2. The van der Waals surface area contributed by atoms with Gasteiger partial charge in [-0.25, -0.2) is 9.97 Å². The van der Waals surface area contributed by atoms with Crippen LogP contribution in [0.25, 0.3) is 0 Å². The molecule has 0 radical (unpaired) electrons. The summed E-state index contributed by atoms with van der Waals surface area (Å²) in [5, 5.41) is 0. The number of nitrogens with two attached hydrogens (primary N) is 1. The van der Waals surface area contributed by atoms with Gasteiger partial charge in [0.15, 0.2) is 0 Å². The van der Waals surface area contributed by atoms with Crippen LogP contribution in [0.1, 0.15) is 24.2 Å². The largest absolute Gasteiger partial charge is 0.362 e. The van der Waals surface area contributed by atoms with Crippen LogP contribution in [0.5, 0.6) is 0 Å². The lowest BCUT2D eigenvalue weighted by Gasteiger charge is -2.31. The zero-order chi connectivity index (χ0) is 13.7. The van der Waals surface area contributed by atoms with Crippen LogP contribution < -0.4 is 10.6 Å². The van der Waals surface area contributed by atoms with Crippen LogP contribution in [0.15, 0.2) is 42.9 Å². The Labute approximate surface area is 114 Å². The number of rotatable bonds is 5. The number of hydrogen-bond acceptors (Lipinski definition) is 4. The van der Waals surface area contributed by atoms with Gasteiger partial charge in [-0.2, -0.15) is 0 Å². The fourth-order valence-corrected chi connectivity index (χ4v) is 2.30. The Balaban J connectivity index is 2.34. The Hall–Kier alpha value is -1.94. The third kappa shape index (κ3) is 3.09. The van der Waals surface area contributed by atoms with Gasteiger partial charge in [0.1, 0.15) is 6.33 Å². The SMILES string of the molecule is CCN(c1cccc(C)c1)C(CN)c1ccncn1. The summed E-state index contributed by atoms with van der Waals surface area (Å²) >= 11 is 0. The van der Waals surface area contributed by atoms with Crippen molar-refractivity contribution in [3.8, 4) is 0 Å². The first kappa shape index (κ1) is 13.5. The molecule has 0 bridgehead atoms. The highest BCUT2D eigenvalue weighted by molar-refractivity contribution is 5.50. The Bertz CT molecular complexity index is 513. The smallest absolute Gasteiger partial charge is 0.115 e. The van der Waals surface area contributed by atoms with E-state index in [0.717, 1.165) is 12.2 Å². The van der Waals surface area contributed by atoms with Crippen molar-refractivity contribution < 1.29 is 0 Å². The summed E-state index contributed by atoms with van der Waals surface area (Å²) in [5.74, 6) is 0. The monoisotopic (exact) mass is 256 g/mol. The van der Waals surface area contributed by atoms with Crippen molar-refractivity contribution >= 4 is 5.69 Å². The van der Waals surface area contributed by atoms with E-state index in [9.17, 15) is 0 Å². The second-order valence-electron chi connectivity index (χ2n) is 4.51. The lowest BCUT2D eigenvalue weighted by atomic mass is 10.1. The van der Waals surface area contributed by atoms with Crippen molar-refractivity contribution in [2.24, 2.45) is 5.73 Å². The number of likely N-dealkylation sites (N-methyl/N-ethyl adjacent to an activating group) is 1. The van der Waals surface area contributed by atoms with Crippen LogP contribution in [0.3, 0.4) is 0 Å². The number of aromatic nitrogens is 2. The third-order valence-electron chi connectivity index (χ3n) is 3.22. The predicted octanol–water partition coefficient (Wildman–Crippen LogP) is 2.31. The summed E-state index contributed by atoms with van der Waals surface area (Å²) in [6.07, 6.45) is 3.33. The summed E-state index contributed by atoms with van der Waals surface area (Å²) < 4.78 is 0. The van der Waals surface area contributed by atoms with E-state index in [1.807, 2.05) is 6.07 Å². The molecule has 1 aromatic carbocycles. The molecule has 0 saturated carbocycles. The van der Waals surface area contributed by atoms with Crippen LogP contribution in [-0.2, 0) is 0 Å². The van der Waals surface area contributed by atoms with E-state index in [1.165, 1.54) is 11.3 Å². The van der Waals surface area contributed by atoms with Crippen LogP contribution in [-0.4, -0.2) is 23.1 Å². The topological polar surface area (TPSA) is 55.0 Å². The molecule has 1 aromatic heterocycles. The number of benzene rings is 1. The molecular weight excluding hydrogens is 236 g/mol. The van der Waals surface area contributed by atoms with Crippen molar-refractivity contribution in [1.82, 2.24) is 9.97 Å². The molecule has 1 unspecified atom stereocenters. The fourth-order valence-electron chi connectivity index (χ4n) is 2.30. The molecule has 19 heavy (non-hydrogen) atoms. The lowest BCUT2D eigenvalue weighted by Crippen LogP contribution is -2.34. The van der Waals surface area contributed by atoms with Crippen molar-refractivity contribution in [2.75, 3.05) is 18.0 Å². The molecule has 0 spiro atoms. The molecule has 2 N–H and O–H groups in total. The van der Waals surface area contributed by atoms with Gasteiger partial charge in [0.05, 0.1) is 11.7 Å². The van der Waals surface area contributed by atoms with Gasteiger partial charge in [-0.05, 0) is 37.6 Å². The van der Waals surface area contributed by atoms with Gasteiger partial charge in [-0.1, -0.05) is 12.1 Å². The molecule has 1 heterocycles. The molecule has 0 saturated heterocycles. The number of anilines is 1. The highest BCUT2D eigenvalue weighted by Crippen LogP contribution is 2.25. The summed E-state index contributed by atoms with van der Waals surface area (Å²) in [5.41, 5.74) is 9.34. The molecule has 4 nitrogen and oxygen atoms in total. The van der Waals surface area contributed by atoms with E-state index in [-0.39, 0.29) is 6.04 Å². The molecule has 0 amide bonds. The van der Waals surface area contributed by atoms with Crippen molar-refractivity contribution in [3.05, 3.63) is 54.1 Å². The summed E-state index contributed by atoms with van der Waals surface area (Å²) in [4.78, 5) is 10.6. The minimum absolute atomic E-state index is 0.0785. The van der Waals surface area contributed by atoms with Gasteiger partial charge in [0.2, 0.25) is 0 Å². The average molecular weight is 256 g/mol. The standard InChI is InChI=1S/C15H20N4/c1-3-19(13-6-4-5-12(2)9-13)15(10-16)14-7-8-17-11-18-14/h4-9,11,15H,3,10,16H2,1-2H3. The van der Waals surface area contributed by atoms with Gasteiger partial charge in [-0.3, -0.25) is 0 Å². The lowest BCUT2D eigenvalue weighted by molar-refractivity contribution is 0.624. The first-order chi connectivity index (χ1) is 9.26. The number of nitrogens with zero attached hydrogens (tertiary/aromatic N) is 3. The van der Waals surface area contributed by atoms with Crippen molar-refractivity contribution in [3.63, 3.8) is 0 Å². The van der Waals surface area contributed by atoms with Gasteiger partial charge in [0, 0.05) is 25.0 Å². The predicted molar refractivity (Wildman–Crippen MR) is 78.0 cm³/mol. The molecular formula is C15H20N4. The van der Waals surface area contributed by atoms with E-state index in [2.05, 4.69) is 53.0 Å². The Morgan fingerprint density at radius 2 is 2.16 bits per heavy atom. The summed E-state index contributed by atoms with van der Waals surface area (Å²) in [6.45, 7) is 5.64. The minimum Gasteiger partial charge on any atom is -0.362 e. The highest BCUT2D eigenvalue weighted by Gasteiger charge is 2.19. The Morgan fingerprint density at radius 1 is 1.32 bits per heavy atom. The van der Waals surface area contributed by atoms with Crippen LogP contribution in [0, 0.1) is 6.92 Å².